The van der Waals surface area contributed by atoms with Gasteiger partial charge in [0.1, 0.15) is 0 Å². The van der Waals surface area contributed by atoms with Crippen LogP contribution in [0.3, 0.4) is 0 Å². The number of halogens is 1. The lowest BCUT2D eigenvalue weighted by molar-refractivity contribution is 0.0892. The molecule has 1 saturated carbocycles. The van der Waals surface area contributed by atoms with E-state index in [4.69, 9.17) is 0 Å². The van der Waals surface area contributed by atoms with Crippen molar-refractivity contribution in [3.05, 3.63) is 34.3 Å². The van der Waals surface area contributed by atoms with Crippen LogP contribution < -0.4 is 5.32 Å². The minimum atomic E-state index is 0.0423. The van der Waals surface area contributed by atoms with Crippen molar-refractivity contribution in [1.29, 1.82) is 0 Å². The van der Waals surface area contributed by atoms with Gasteiger partial charge in [0.2, 0.25) is 0 Å². The van der Waals surface area contributed by atoms with Gasteiger partial charge in [-0.3, -0.25) is 4.79 Å². The largest absolute Gasteiger partial charge is 0.349 e. The van der Waals surface area contributed by atoms with Crippen molar-refractivity contribution in [3.63, 3.8) is 0 Å². The van der Waals surface area contributed by atoms with Crippen LogP contribution in [0.25, 0.3) is 0 Å². The van der Waals surface area contributed by atoms with Crippen LogP contribution in [0.1, 0.15) is 63.2 Å². The van der Waals surface area contributed by atoms with Crippen molar-refractivity contribution in [2.75, 3.05) is 0 Å². The fourth-order valence-electron chi connectivity index (χ4n) is 3.22. The molecule has 21 heavy (non-hydrogen) atoms. The maximum Gasteiger partial charge on any atom is 0.252 e. The molecule has 0 atom stereocenters. The lowest BCUT2D eigenvalue weighted by atomic mass is 9.69. The van der Waals surface area contributed by atoms with E-state index in [0.29, 0.717) is 11.5 Å². The topological polar surface area (TPSA) is 29.1 Å². The van der Waals surface area contributed by atoms with Crippen LogP contribution in [0.4, 0.5) is 0 Å². The number of benzene rings is 1. The van der Waals surface area contributed by atoms with Gasteiger partial charge in [0.25, 0.3) is 5.91 Å². The Bertz CT molecular complexity index is 490. The maximum absolute atomic E-state index is 12.3. The molecule has 116 valence electrons. The molecule has 1 aliphatic rings. The van der Waals surface area contributed by atoms with E-state index in [-0.39, 0.29) is 5.91 Å². The van der Waals surface area contributed by atoms with E-state index in [2.05, 4.69) is 42.0 Å². The van der Waals surface area contributed by atoms with Gasteiger partial charge in [0.15, 0.2) is 0 Å². The molecular formula is C18H26BrNO. The summed E-state index contributed by atoms with van der Waals surface area (Å²) in [6.07, 6.45) is 5.88. The summed E-state index contributed by atoms with van der Waals surface area (Å²) >= 11 is 3.45. The zero-order valence-electron chi connectivity index (χ0n) is 13.3. The van der Waals surface area contributed by atoms with Gasteiger partial charge in [0.05, 0.1) is 5.56 Å². The number of amides is 1. The lowest BCUT2D eigenvalue weighted by Gasteiger charge is -2.39. The predicted molar refractivity (Wildman–Crippen MR) is 91.4 cm³/mol. The Morgan fingerprint density at radius 3 is 2.43 bits per heavy atom. The Morgan fingerprint density at radius 2 is 1.86 bits per heavy atom. The molecule has 0 unspecified atom stereocenters. The zero-order chi connectivity index (χ0) is 15.5. The van der Waals surface area contributed by atoms with Crippen LogP contribution in [0.15, 0.2) is 28.7 Å². The molecule has 1 aromatic carbocycles. The van der Waals surface area contributed by atoms with Gasteiger partial charge >= 0.3 is 0 Å². The molecule has 1 amide bonds. The van der Waals surface area contributed by atoms with E-state index in [1.54, 1.807) is 0 Å². The number of carbonyl (C=O) groups excluding carboxylic acids is 1. The molecule has 0 heterocycles. The van der Waals surface area contributed by atoms with E-state index in [1.807, 2.05) is 24.3 Å². The van der Waals surface area contributed by atoms with E-state index >= 15 is 0 Å². The summed E-state index contributed by atoms with van der Waals surface area (Å²) in [4.78, 5) is 12.3. The van der Waals surface area contributed by atoms with E-state index in [9.17, 15) is 4.79 Å². The standard InChI is InChI=1S/C18H26BrNO/c1-4-18(2,3)13-9-11-14(12-10-13)20-17(21)15-7-5-6-8-16(15)19/h5-8,13-14H,4,9-12H2,1-3H3,(H,20,21). The van der Waals surface area contributed by atoms with Gasteiger partial charge in [-0.2, -0.15) is 0 Å². The fraction of sp³-hybridized carbons (Fsp3) is 0.611. The summed E-state index contributed by atoms with van der Waals surface area (Å²) in [7, 11) is 0. The first-order valence-corrected chi connectivity index (χ1v) is 8.78. The first-order valence-electron chi connectivity index (χ1n) is 7.99. The van der Waals surface area contributed by atoms with Crippen LogP contribution in [0.5, 0.6) is 0 Å². The molecule has 0 saturated heterocycles. The van der Waals surface area contributed by atoms with Crippen LogP contribution in [-0.4, -0.2) is 11.9 Å². The quantitative estimate of drug-likeness (QED) is 0.795. The highest BCUT2D eigenvalue weighted by Gasteiger charge is 2.32. The molecule has 0 bridgehead atoms. The Morgan fingerprint density at radius 1 is 1.24 bits per heavy atom. The van der Waals surface area contributed by atoms with E-state index in [0.717, 1.165) is 28.8 Å². The predicted octanol–water partition coefficient (Wildman–Crippen LogP) is 5.17. The summed E-state index contributed by atoms with van der Waals surface area (Å²) in [6.45, 7) is 7.02. The molecule has 3 heteroatoms. The Labute approximate surface area is 136 Å². The number of rotatable bonds is 4. The second-order valence-electron chi connectivity index (χ2n) is 6.84. The Balaban J connectivity index is 1.89. The van der Waals surface area contributed by atoms with Crippen molar-refractivity contribution in [2.24, 2.45) is 11.3 Å². The molecule has 1 fully saturated rings. The first-order chi connectivity index (χ1) is 9.94. The third-order valence-electron chi connectivity index (χ3n) is 5.20. The maximum atomic E-state index is 12.3. The summed E-state index contributed by atoms with van der Waals surface area (Å²) in [5.74, 6) is 0.833. The van der Waals surface area contributed by atoms with Crippen LogP contribution >= 0.6 is 15.9 Å². The minimum Gasteiger partial charge on any atom is -0.349 e. The van der Waals surface area contributed by atoms with Crippen molar-refractivity contribution < 1.29 is 4.79 Å². The normalized spacial score (nSPS) is 22.9. The van der Waals surface area contributed by atoms with Gasteiger partial charge in [0, 0.05) is 10.5 Å². The van der Waals surface area contributed by atoms with Crippen LogP contribution in [0.2, 0.25) is 0 Å². The van der Waals surface area contributed by atoms with Crippen molar-refractivity contribution >= 4 is 21.8 Å². The van der Waals surface area contributed by atoms with Crippen molar-refractivity contribution in [3.8, 4) is 0 Å². The number of hydrogen-bond acceptors (Lipinski definition) is 1. The average Bonchev–Trinajstić information content (AvgIpc) is 2.48. The summed E-state index contributed by atoms with van der Waals surface area (Å²) in [6, 6.07) is 7.94. The van der Waals surface area contributed by atoms with Crippen LogP contribution in [-0.2, 0) is 0 Å². The SMILES string of the molecule is CCC(C)(C)C1CCC(NC(=O)c2ccccc2Br)CC1. The second-order valence-corrected chi connectivity index (χ2v) is 7.70. The van der Waals surface area contributed by atoms with Gasteiger partial charge in [-0.05, 0) is 65.1 Å². The molecule has 0 aromatic heterocycles. The minimum absolute atomic E-state index is 0.0423. The van der Waals surface area contributed by atoms with Gasteiger partial charge in [-0.25, -0.2) is 0 Å². The third-order valence-corrected chi connectivity index (χ3v) is 5.89. The first kappa shape index (κ1) is 16.5. The highest BCUT2D eigenvalue weighted by atomic mass is 79.9. The molecule has 1 N–H and O–H groups in total. The number of carbonyl (C=O) groups is 1. The van der Waals surface area contributed by atoms with Gasteiger partial charge in [-0.1, -0.05) is 39.3 Å². The van der Waals surface area contributed by atoms with E-state index in [1.165, 1.54) is 19.3 Å². The van der Waals surface area contributed by atoms with Gasteiger partial charge in [-0.15, -0.1) is 0 Å². The Kier molecular flexibility index (Phi) is 5.48. The summed E-state index contributed by atoms with van der Waals surface area (Å²) < 4.78 is 0.864. The number of hydrogen-bond donors (Lipinski definition) is 1. The number of nitrogens with one attached hydrogen (secondary N) is 1. The molecule has 0 aliphatic heterocycles. The van der Waals surface area contributed by atoms with E-state index < -0.39 is 0 Å². The van der Waals surface area contributed by atoms with Gasteiger partial charge < -0.3 is 5.32 Å². The monoisotopic (exact) mass is 351 g/mol. The smallest absolute Gasteiger partial charge is 0.252 e. The lowest BCUT2D eigenvalue weighted by Crippen LogP contribution is -2.40. The Hall–Kier alpha value is -0.830. The molecule has 0 radical (unpaired) electrons. The molecule has 2 rings (SSSR count). The highest BCUT2D eigenvalue weighted by Crippen LogP contribution is 2.40. The molecule has 1 aromatic rings. The third kappa shape index (κ3) is 4.09. The second kappa shape index (κ2) is 6.95. The van der Waals surface area contributed by atoms with Crippen LogP contribution in [0, 0.1) is 11.3 Å². The fourth-order valence-corrected chi connectivity index (χ4v) is 3.68. The molecule has 2 nitrogen and oxygen atoms in total. The molecule has 0 spiro atoms. The molecule has 1 aliphatic carbocycles. The summed E-state index contributed by atoms with van der Waals surface area (Å²) in [5.41, 5.74) is 1.16. The highest BCUT2D eigenvalue weighted by molar-refractivity contribution is 9.10. The van der Waals surface area contributed by atoms with Crippen molar-refractivity contribution in [1.82, 2.24) is 5.32 Å². The average molecular weight is 352 g/mol. The zero-order valence-corrected chi connectivity index (χ0v) is 14.9. The molecular weight excluding hydrogens is 326 g/mol. The summed E-state index contributed by atoms with van der Waals surface area (Å²) in [5, 5.41) is 3.20. The van der Waals surface area contributed by atoms with Crippen molar-refractivity contribution in [2.45, 2.75) is 58.9 Å².